The van der Waals surface area contributed by atoms with E-state index in [1.807, 2.05) is 0 Å². The van der Waals surface area contributed by atoms with Gasteiger partial charge in [-0.15, -0.1) is 0 Å². The number of nitrogens with two attached hydrogens (primary N) is 1. The van der Waals surface area contributed by atoms with Crippen molar-refractivity contribution >= 4 is 22.6 Å². The van der Waals surface area contributed by atoms with E-state index in [2.05, 4.69) is 4.98 Å². The molecular weight excluding hydrogens is 305 g/mol. The van der Waals surface area contributed by atoms with Crippen molar-refractivity contribution in [3.63, 3.8) is 0 Å². The molecule has 0 bridgehead atoms. The van der Waals surface area contributed by atoms with Crippen molar-refractivity contribution in [3.05, 3.63) is 26.6 Å². The molecule has 78 valence electrons. The number of aromatic nitrogens is 1. The molecule has 0 aromatic carbocycles. The smallest absolute Gasteiger partial charge is 0.265 e. The topological polar surface area (TPSA) is 59.1 Å². The van der Waals surface area contributed by atoms with E-state index >= 15 is 0 Å². The Kier molecular flexibility index (Phi) is 4.14. The zero-order valence-corrected chi connectivity index (χ0v) is 9.33. The quantitative estimate of drug-likeness (QED) is 0.833. The maximum atomic E-state index is 12.6. The van der Waals surface area contributed by atoms with Crippen molar-refractivity contribution in [1.82, 2.24) is 4.98 Å². The number of nitrogens with zero attached hydrogens (tertiary/aromatic N) is 1. The third kappa shape index (κ3) is 2.18. The zero-order valence-electron chi connectivity index (χ0n) is 7.17. The molecule has 1 heterocycles. The van der Waals surface area contributed by atoms with E-state index in [0.29, 0.717) is 3.57 Å². The summed E-state index contributed by atoms with van der Waals surface area (Å²) in [5, 5.41) is 8.88. The molecule has 0 saturated heterocycles. The average molecular weight is 314 g/mol. The molecule has 6 heteroatoms. The third-order valence-electron chi connectivity index (χ3n) is 1.84. The number of rotatable bonds is 3. The SMILES string of the molecule is NCc1c(CO)ncc(I)c1C(F)F. The summed E-state index contributed by atoms with van der Waals surface area (Å²) in [6.45, 7) is -0.414. The van der Waals surface area contributed by atoms with Crippen molar-refractivity contribution < 1.29 is 13.9 Å². The van der Waals surface area contributed by atoms with Crippen molar-refractivity contribution in [2.24, 2.45) is 5.73 Å². The fourth-order valence-electron chi connectivity index (χ4n) is 1.18. The van der Waals surface area contributed by atoms with Crippen LogP contribution in [0.5, 0.6) is 0 Å². The highest BCUT2D eigenvalue weighted by molar-refractivity contribution is 14.1. The lowest BCUT2D eigenvalue weighted by atomic mass is 10.1. The van der Waals surface area contributed by atoms with Crippen LogP contribution in [0.25, 0.3) is 0 Å². The zero-order chi connectivity index (χ0) is 10.7. The van der Waals surface area contributed by atoms with Gasteiger partial charge in [-0.05, 0) is 28.2 Å². The van der Waals surface area contributed by atoms with E-state index in [-0.39, 0.29) is 30.0 Å². The van der Waals surface area contributed by atoms with Crippen LogP contribution in [-0.4, -0.2) is 10.1 Å². The predicted octanol–water partition coefficient (Wildman–Crippen LogP) is 1.57. The summed E-state index contributed by atoms with van der Waals surface area (Å²) < 4.78 is 25.6. The molecule has 0 amide bonds. The van der Waals surface area contributed by atoms with Crippen LogP contribution in [0.4, 0.5) is 8.78 Å². The molecule has 1 aromatic heterocycles. The van der Waals surface area contributed by atoms with Crippen LogP contribution >= 0.6 is 22.6 Å². The van der Waals surface area contributed by atoms with Gasteiger partial charge in [-0.1, -0.05) is 0 Å². The fourth-order valence-corrected chi connectivity index (χ4v) is 1.88. The van der Waals surface area contributed by atoms with E-state index in [1.54, 1.807) is 22.6 Å². The molecule has 0 aliphatic rings. The van der Waals surface area contributed by atoms with Crippen molar-refractivity contribution in [2.45, 2.75) is 19.6 Å². The first-order valence-electron chi connectivity index (χ1n) is 3.87. The van der Waals surface area contributed by atoms with E-state index in [1.165, 1.54) is 6.20 Å². The summed E-state index contributed by atoms with van der Waals surface area (Å²) >= 11 is 1.78. The average Bonchev–Trinajstić information content (AvgIpc) is 2.16. The second-order valence-electron chi connectivity index (χ2n) is 2.61. The van der Waals surface area contributed by atoms with E-state index < -0.39 is 6.43 Å². The molecule has 0 saturated carbocycles. The number of aliphatic hydroxyl groups is 1. The normalized spacial score (nSPS) is 11.0. The molecule has 0 radical (unpaired) electrons. The molecule has 1 rings (SSSR count). The number of aliphatic hydroxyl groups excluding tert-OH is 1. The summed E-state index contributed by atoms with van der Waals surface area (Å²) in [5.41, 5.74) is 5.70. The number of hydrogen-bond donors (Lipinski definition) is 2. The molecule has 0 spiro atoms. The van der Waals surface area contributed by atoms with Gasteiger partial charge in [-0.2, -0.15) is 0 Å². The molecule has 0 aliphatic carbocycles. The monoisotopic (exact) mass is 314 g/mol. The number of halogens is 3. The van der Waals surface area contributed by atoms with Crippen LogP contribution < -0.4 is 5.73 Å². The number of pyridine rings is 1. The van der Waals surface area contributed by atoms with Crippen molar-refractivity contribution in [1.29, 1.82) is 0 Å². The second-order valence-corrected chi connectivity index (χ2v) is 3.77. The van der Waals surface area contributed by atoms with Gasteiger partial charge in [0.15, 0.2) is 0 Å². The van der Waals surface area contributed by atoms with E-state index in [4.69, 9.17) is 10.8 Å². The Hall–Kier alpha value is -0.340. The van der Waals surface area contributed by atoms with Gasteiger partial charge in [0.05, 0.1) is 12.3 Å². The molecule has 1 aromatic rings. The Bertz CT molecular complexity index is 333. The van der Waals surface area contributed by atoms with Gasteiger partial charge in [0.1, 0.15) is 0 Å². The van der Waals surface area contributed by atoms with Crippen molar-refractivity contribution in [3.8, 4) is 0 Å². The molecule has 0 unspecified atom stereocenters. The summed E-state index contributed by atoms with van der Waals surface area (Å²) in [6.07, 6.45) is -1.28. The lowest BCUT2D eigenvalue weighted by molar-refractivity contribution is 0.148. The Morgan fingerprint density at radius 3 is 2.64 bits per heavy atom. The van der Waals surface area contributed by atoms with Crippen LogP contribution in [0.3, 0.4) is 0 Å². The molecule has 3 N–H and O–H groups in total. The highest BCUT2D eigenvalue weighted by Gasteiger charge is 2.19. The highest BCUT2D eigenvalue weighted by atomic mass is 127. The Morgan fingerprint density at radius 1 is 1.57 bits per heavy atom. The number of hydrogen-bond acceptors (Lipinski definition) is 3. The molecule has 0 fully saturated rings. The number of alkyl halides is 2. The largest absolute Gasteiger partial charge is 0.390 e. The minimum atomic E-state index is -2.59. The van der Waals surface area contributed by atoms with E-state index in [9.17, 15) is 8.78 Å². The van der Waals surface area contributed by atoms with Gasteiger partial charge in [0.2, 0.25) is 0 Å². The maximum absolute atomic E-state index is 12.6. The summed E-state index contributed by atoms with van der Waals surface area (Å²) in [5.74, 6) is 0. The van der Waals surface area contributed by atoms with Crippen LogP contribution in [-0.2, 0) is 13.2 Å². The fraction of sp³-hybridized carbons (Fsp3) is 0.375. The van der Waals surface area contributed by atoms with Gasteiger partial charge in [-0.3, -0.25) is 4.98 Å². The Balaban J connectivity index is 3.35. The predicted molar refractivity (Wildman–Crippen MR) is 55.7 cm³/mol. The lowest BCUT2D eigenvalue weighted by Gasteiger charge is -2.12. The highest BCUT2D eigenvalue weighted by Crippen LogP contribution is 2.28. The maximum Gasteiger partial charge on any atom is 0.265 e. The Morgan fingerprint density at radius 2 is 2.21 bits per heavy atom. The summed E-state index contributed by atoms with van der Waals surface area (Å²) in [4.78, 5) is 3.84. The minimum absolute atomic E-state index is 0.0423. The second kappa shape index (κ2) is 4.94. The van der Waals surface area contributed by atoms with Gasteiger partial charge in [-0.25, -0.2) is 8.78 Å². The van der Waals surface area contributed by atoms with Crippen LogP contribution in [0, 0.1) is 3.57 Å². The molecule has 3 nitrogen and oxygen atoms in total. The standard InChI is InChI=1S/C8H9F2IN2O/c9-8(10)7-4(1-12)6(3-14)13-2-5(7)11/h2,8,14H,1,3,12H2. The first-order valence-corrected chi connectivity index (χ1v) is 4.94. The molecular formula is C8H9F2IN2O. The minimum Gasteiger partial charge on any atom is -0.390 e. The summed E-state index contributed by atoms with van der Waals surface area (Å²) in [6, 6.07) is 0. The van der Waals surface area contributed by atoms with E-state index in [0.717, 1.165) is 0 Å². The third-order valence-corrected chi connectivity index (χ3v) is 2.70. The van der Waals surface area contributed by atoms with Crippen LogP contribution in [0.15, 0.2) is 6.20 Å². The van der Waals surface area contributed by atoms with Gasteiger partial charge in [0, 0.05) is 21.9 Å². The molecule has 0 atom stereocenters. The molecule has 14 heavy (non-hydrogen) atoms. The van der Waals surface area contributed by atoms with Gasteiger partial charge >= 0.3 is 0 Å². The first-order chi connectivity index (χ1) is 6.61. The van der Waals surface area contributed by atoms with Gasteiger partial charge in [0.25, 0.3) is 6.43 Å². The van der Waals surface area contributed by atoms with Crippen molar-refractivity contribution in [2.75, 3.05) is 0 Å². The first kappa shape index (κ1) is 11.7. The summed E-state index contributed by atoms with van der Waals surface area (Å²) in [7, 11) is 0. The van der Waals surface area contributed by atoms with Crippen LogP contribution in [0.2, 0.25) is 0 Å². The lowest BCUT2D eigenvalue weighted by Crippen LogP contribution is -2.10. The molecule has 0 aliphatic heterocycles. The van der Waals surface area contributed by atoms with Crippen LogP contribution in [0.1, 0.15) is 23.2 Å². The Labute approximate surface area is 93.5 Å². The van der Waals surface area contributed by atoms with Gasteiger partial charge < -0.3 is 10.8 Å².